The molecular weight excluding hydrogens is 310 g/mol. The zero-order valence-electron chi connectivity index (χ0n) is 13.8. The third-order valence-electron chi connectivity index (χ3n) is 3.26. The standard InChI is InChI=1S/C18H21NO3S/c1-5-21-18(20)14(4)22-19-13(3)16-10-11-17(23-16)15-8-6-12(2)7-9-15/h6-11,14H,5H2,1-4H3/b19-13+. The number of oxime groups is 1. The third-order valence-corrected chi connectivity index (χ3v) is 4.51. The summed E-state index contributed by atoms with van der Waals surface area (Å²) >= 11 is 1.64. The Morgan fingerprint density at radius 1 is 1.22 bits per heavy atom. The van der Waals surface area contributed by atoms with Crippen LogP contribution in [0.3, 0.4) is 0 Å². The maximum absolute atomic E-state index is 11.5. The molecule has 0 radical (unpaired) electrons. The molecule has 0 spiro atoms. The molecule has 122 valence electrons. The first kappa shape index (κ1) is 17.2. The van der Waals surface area contributed by atoms with Crippen LogP contribution in [-0.2, 0) is 14.4 Å². The van der Waals surface area contributed by atoms with Crippen LogP contribution >= 0.6 is 11.3 Å². The zero-order chi connectivity index (χ0) is 16.8. The van der Waals surface area contributed by atoms with Gasteiger partial charge in [-0.3, -0.25) is 0 Å². The summed E-state index contributed by atoms with van der Waals surface area (Å²) in [6, 6.07) is 12.5. The van der Waals surface area contributed by atoms with Crippen molar-refractivity contribution in [2.45, 2.75) is 33.8 Å². The maximum Gasteiger partial charge on any atom is 0.349 e. The summed E-state index contributed by atoms with van der Waals surface area (Å²) in [7, 11) is 0. The highest BCUT2D eigenvalue weighted by atomic mass is 32.1. The van der Waals surface area contributed by atoms with E-state index in [1.54, 1.807) is 25.2 Å². The molecule has 1 atom stereocenters. The van der Waals surface area contributed by atoms with E-state index in [9.17, 15) is 4.79 Å². The highest BCUT2D eigenvalue weighted by molar-refractivity contribution is 7.17. The fraction of sp³-hybridized carbons (Fsp3) is 0.333. The highest BCUT2D eigenvalue weighted by Gasteiger charge is 2.15. The number of hydrogen-bond donors (Lipinski definition) is 0. The Balaban J connectivity index is 2.05. The molecule has 1 aromatic heterocycles. The first-order chi connectivity index (χ1) is 11.0. The molecule has 2 rings (SSSR count). The lowest BCUT2D eigenvalue weighted by Crippen LogP contribution is -2.21. The van der Waals surface area contributed by atoms with Crippen LogP contribution in [0.1, 0.15) is 31.2 Å². The number of rotatable bonds is 6. The molecule has 0 aliphatic carbocycles. The third kappa shape index (κ3) is 4.66. The maximum atomic E-state index is 11.5. The number of hydrogen-bond acceptors (Lipinski definition) is 5. The van der Waals surface area contributed by atoms with E-state index in [0.717, 1.165) is 10.6 Å². The smallest absolute Gasteiger partial charge is 0.349 e. The lowest BCUT2D eigenvalue weighted by molar-refractivity contribution is -0.155. The summed E-state index contributed by atoms with van der Waals surface area (Å²) < 4.78 is 4.88. The molecule has 0 bridgehead atoms. The minimum atomic E-state index is -0.707. The van der Waals surface area contributed by atoms with E-state index in [2.05, 4.69) is 42.4 Å². The van der Waals surface area contributed by atoms with Gasteiger partial charge in [0.1, 0.15) is 0 Å². The second kappa shape index (κ2) is 7.92. The van der Waals surface area contributed by atoms with Crippen molar-refractivity contribution >= 4 is 23.0 Å². The van der Waals surface area contributed by atoms with E-state index in [0.29, 0.717) is 6.61 Å². The van der Waals surface area contributed by atoms with Gasteiger partial charge in [0, 0.05) is 4.88 Å². The van der Waals surface area contributed by atoms with Gasteiger partial charge in [-0.15, -0.1) is 11.3 Å². The number of benzene rings is 1. The van der Waals surface area contributed by atoms with Crippen LogP contribution in [0.4, 0.5) is 0 Å². The predicted octanol–water partition coefficient (Wildman–Crippen LogP) is 4.42. The largest absolute Gasteiger partial charge is 0.463 e. The van der Waals surface area contributed by atoms with Crippen molar-refractivity contribution in [3.8, 4) is 10.4 Å². The van der Waals surface area contributed by atoms with Crippen LogP contribution in [0.2, 0.25) is 0 Å². The van der Waals surface area contributed by atoms with Gasteiger partial charge in [0.05, 0.1) is 17.2 Å². The first-order valence-electron chi connectivity index (χ1n) is 7.55. The molecule has 0 saturated heterocycles. The van der Waals surface area contributed by atoms with Gasteiger partial charge >= 0.3 is 5.97 Å². The SMILES string of the molecule is CCOC(=O)C(C)O/N=C(\C)c1ccc(-c2ccc(C)cc2)s1. The van der Waals surface area contributed by atoms with Crippen LogP contribution in [0.25, 0.3) is 10.4 Å². The van der Waals surface area contributed by atoms with E-state index < -0.39 is 12.1 Å². The molecule has 0 saturated carbocycles. The van der Waals surface area contributed by atoms with E-state index in [1.807, 2.05) is 13.0 Å². The highest BCUT2D eigenvalue weighted by Crippen LogP contribution is 2.28. The normalized spacial score (nSPS) is 12.8. The average molecular weight is 331 g/mol. The Kier molecular flexibility index (Phi) is 5.93. The average Bonchev–Trinajstić information content (AvgIpc) is 3.03. The van der Waals surface area contributed by atoms with E-state index in [-0.39, 0.29) is 0 Å². The number of carbonyl (C=O) groups is 1. The number of ether oxygens (including phenoxy) is 1. The number of carbonyl (C=O) groups excluding carboxylic acids is 1. The molecule has 0 aliphatic rings. The molecule has 2 aromatic rings. The summed E-state index contributed by atoms with van der Waals surface area (Å²) in [5, 5.41) is 4.05. The number of nitrogens with zero attached hydrogens (tertiary/aromatic N) is 1. The van der Waals surface area contributed by atoms with E-state index in [1.165, 1.54) is 16.0 Å². The van der Waals surface area contributed by atoms with Crippen LogP contribution in [-0.4, -0.2) is 24.4 Å². The second-order valence-electron chi connectivity index (χ2n) is 5.21. The molecule has 0 amide bonds. The molecule has 4 nitrogen and oxygen atoms in total. The van der Waals surface area contributed by atoms with Crippen LogP contribution in [0, 0.1) is 6.92 Å². The van der Waals surface area contributed by atoms with Crippen LogP contribution < -0.4 is 0 Å². The van der Waals surface area contributed by atoms with Crippen molar-refractivity contribution in [1.29, 1.82) is 0 Å². The molecule has 0 N–H and O–H groups in total. The summed E-state index contributed by atoms with van der Waals surface area (Å²) in [4.78, 5) is 18.9. The Bertz CT molecular complexity index is 689. The molecule has 1 heterocycles. The molecule has 23 heavy (non-hydrogen) atoms. The number of thiophene rings is 1. The fourth-order valence-electron chi connectivity index (χ4n) is 1.91. The van der Waals surface area contributed by atoms with Crippen molar-refractivity contribution in [1.82, 2.24) is 0 Å². The van der Waals surface area contributed by atoms with Crippen molar-refractivity contribution in [3.63, 3.8) is 0 Å². The minimum Gasteiger partial charge on any atom is -0.463 e. The van der Waals surface area contributed by atoms with Gasteiger partial charge in [0.2, 0.25) is 6.10 Å². The van der Waals surface area contributed by atoms with Gasteiger partial charge in [0.25, 0.3) is 0 Å². The second-order valence-corrected chi connectivity index (χ2v) is 6.29. The molecule has 0 fully saturated rings. The Morgan fingerprint density at radius 3 is 2.57 bits per heavy atom. The van der Waals surface area contributed by atoms with E-state index >= 15 is 0 Å². The summed E-state index contributed by atoms with van der Waals surface area (Å²) in [5.41, 5.74) is 3.16. The molecule has 1 unspecified atom stereocenters. The minimum absolute atomic E-state index is 0.333. The van der Waals surface area contributed by atoms with Gasteiger partial charge in [-0.2, -0.15) is 0 Å². The first-order valence-corrected chi connectivity index (χ1v) is 8.37. The Labute approximate surface area is 140 Å². The van der Waals surface area contributed by atoms with Gasteiger partial charge < -0.3 is 9.57 Å². The van der Waals surface area contributed by atoms with Crippen molar-refractivity contribution < 1.29 is 14.4 Å². The van der Waals surface area contributed by atoms with Gasteiger partial charge in [-0.05, 0) is 45.4 Å². The van der Waals surface area contributed by atoms with E-state index in [4.69, 9.17) is 9.57 Å². The number of esters is 1. The summed E-state index contributed by atoms with van der Waals surface area (Å²) in [5.74, 6) is -0.407. The Hall–Kier alpha value is -2.14. The monoisotopic (exact) mass is 331 g/mol. The van der Waals surface area contributed by atoms with Gasteiger partial charge in [-0.25, -0.2) is 4.79 Å². The van der Waals surface area contributed by atoms with Crippen molar-refractivity contribution in [2.75, 3.05) is 6.61 Å². The number of aryl methyl sites for hydroxylation is 1. The molecule has 1 aromatic carbocycles. The van der Waals surface area contributed by atoms with Gasteiger partial charge in [-0.1, -0.05) is 35.0 Å². The zero-order valence-corrected chi connectivity index (χ0v) is 14.6. The lowest BCUT2D eigenvalue weighted by Gasteiger charge is -2.08. The van der Waals surface area contributed by atoms with Crippen LogP contribution in [0.5, 0.6) is 0 Å². The molecular formula is C18H21NO3S. The van der Waals surface area contributed by atoms with Crippen LogP contribution in [0.15, 0.2) is 41.6 Å². The molecule has 0 aliphatic heterocycles. The quantitative estimate of drug-likeness (QED) is 0.447. The predicted molar refractivity (Wildman–Crippen MR) is 93.9 cm³/mol. The Morgan fingerprint density at radius 2 is 1.91 bits per heavy atom. The molecule has 5 heteroatoms. The lowest BCUT2D eigenvalue weighted by atomic mass is 10.1. The topological polar surface area (TPSA) is 47.9 Å². The summed E-state index contributed by atoms with van der Waals surface area (Å²) in [6.45, 7) is 7.66. The van der Waals surface area contributed by atoms with Crippen molar-refractivity contribution in [2.24, 2.45) is 5.16 Å². The van der Waals surface area contributed by atoms with Gasteiger partial charge in [0.15, 0.2) is 0 Å². The fourth-order valence-corrected chi connectivity index (χ4v) is 2.86. The van der Waals surface area contributed by atoms with Crippen molar-refractivity contribution in [3.05, 3.63) is 46.8 Å². The summed E-state index contributed by atoms with van der Waals surface area (Å²) in [6.07, 6.45) is -0.707.